The summed E-state index contributed by atoms with van der Waals surface area (Å²) in [6.45, 7) is 0. The number of ether oxygens (including phenoxy) is 1. The van der Waals surface area contributed by atoms with Gasteiger partial charge in [0.05, 0.1) is 36.2 Å². The molecule has 0 unspecified atom stereocenters. The average molecular weight is 330 g/mol. The number of rotatable bonds is 3. The van der Waals surface area contributed by atoms with E-state index in [2.05, 4.69) is 25.5 Å². The van der Waals surface area contributed by atoms with Gasteiger partial charge in [0.15, 0.2) is 5.82 Å². The van der Waals surface area contributed by atoms with Crippen molar-refractivity contribution < 1.29 is 4.74 Å². The lowest BCUT2D eigenvalue weighted by molar-refractivity contribution is 0.415. The Morgan fingerprint density at radius 1 is 1.04 bits per heavy atom. The van der Waals surface area contributed by atoms with Crippen molar-refractivity contribution in [1.29, 1.82) is 0 Å². The van der Waals surface area contributed by atoms with Gasteiger partial charge in [-0.3, -0.25) is 5.10 Å². The van der Waals surface area contributed by atoms with Crippen LogP contribution in [0.25, 0.3) is 32.8 Å². The molecule has 7 nitrogen and oxygen atoms in total. The minimum absolute atomic E-state index is 0.726. The van der Waals surface area contributed by atoms with E-state index in [-0.39, 0.29) is 0 Å². The van der Waals surface area contributed by atoms with Crippen molar-refractivity contribution in [1.82, 2.24) is 25.1 Å². The Morgan fingerprint density at radius 2 is 1.96 bits per heavy atom. The van der Waals surface area contributed by atoms with Gasteiger partial charge in [-0.2, -0.15) is 5.10 Å². The summed E-state index contributed by atoms with van der Waals surface area (Å²) in [7, 11) is 1.66. The maximum atomic E-state index is 5.32. The van der Waals surface area contributed by atoms with Crippen LogP contribution in [0.4, 0.5) is 11.5 Å². The van der Waals surface area contributed by atoms with Gasteiger partial charge >= 0.3 is 0 Å². The number of hydrogen-bond acceptors (Lipinski definition) is 5. The molecular weight excluding hydrogens is 316 g/mol. The number of nitrogens with one attached hydrogen (secondary N) is 3. The smallest absolute Gasteiger partial charge is 0.157 e. The second-order valence-electron chi connectivity index (χ2n) is 5.76. The number of benzene rings is 2. The van der Waals surface area contributed by atoms with Crippen LogP contribution in [0, 0.1) is 0 Å². The molecule has 7 heteroatoms. The van der Waals surface area contributed by atoms with Gasteiger partial charge in [0.25, 0.3) is 0 Å². The van der Waals surface area contributed by atoms with Crippen molar-refractivity contribution in [2.75, 3.05) is 12.4 Å². The maximum Gasteiger partial charge on any atom is 0.157 e. The molecule has 3 aromatic heterocycles. The highest BCUT2D eigenvalue weighted by molar-refractivity contribution is 6.09. The zero-order chi connectivity index (χ0) is 16.8. The van der Waals surface area contributed by atoms with Crippen LogP contribution >= 0.6 is 0 Å². The van der Waals surface area contributed by atoms with Crippen molar-refractivity contribution in [3.63, 3.8) is 0 Å². The molecular formula is C18H14N6O. The molecule has 3 N–H and O–H groups in total. The minimum atomic E-state index is 0.726. The van der Waals surface area contributed by atoms with Gasteiger partial charge in [-0.1, -0.05) is 0 Å². The van der Waals surface area contributed by atoms with Crippen molar-refractivity contribution in [2.24, 2.45) is 0 Å². The zero-order valence-electron chi connectivity index (χ0n) is 13.4. The third-order valence-corrected chi connectivity index (χ3v) is 4.29. The Bertz CT molecular complexity index is 1220. The summed E-state index contributed by atoms with van der Waals surface area (Å²) in [5.74, 6) is 1.52. The molecule has 0 amide bonds. The molecule has 0 radical (unpaired) electrons. The van der Waals surface area contributed by atoms with Gasteiger partial charge in [0.1, 0.15) is 11.3 Å². The van der Waals surface area contributed by atoms with E-state index >= 15 is 0 Å². The SMILES string of the molecule is COc1ccc2nc(Nc3ccc4nc[nH]c4c3)c3[nH]ncc3c2c1. The molecule has 3 heterocycles. The maximum absolute atomic E-state index is 5.32. The highest BCUT2D eigenvalue weighted by atomic mass is 16.5. The molecule has 122 valence electrons. The van der Waals surface area contributed by atoms with E-state index < -0.39 is 0 Å². The van der Waals surface area contributed by atoms with Gasteiger partial charge in [-0.05, 0) is 36.4 Å². The Labute approximate surface area is 142 Å². The van der Waals surface area contributed by atoms with E-state index in [4.69, 9.17) is 9.72 Å². The molecule has 2 aromatic carbocycles. The van der Waals surface area contributed by atoms with E-state index in [0.717, 1.165) is 50.1 Å². The van der Waals surface area contributed by atoms with Crippen LogP contribution < -0.4 is 10.1 Å². The summed E-state index contributed by atoms with van der Waals surface area (Å²) in [6, 6.07) is 11.8. The molecule has 0 saturated heterocycles. The lowest BCUT2D eigenvalue weighted by Crippen LogP contribution is -1.96. The number of H-pyrrole nitrogens is 2. The predicted molar refractivity (Wildman–Crippen MR) is 97.3 cm³/mol. The van der Waals surface area contributed by atoms with Gasteiger partial charge in [0, 0.05) is 16.5 Å². The quantitative estimate of drug-likeness (QED) is 0.469. The lowest BCUT2D eigenvalue weighted by atomic mass is 10.1. The number of pyridine rings is 1. The van der Waals surface area contributed by atoms with Gasteiger partial charge < -0.3 is 15.0 Å². The molecule has 0 saturated carbocycles. The number of aromatic amines is 2. The fourth-order valence-electron chi connectivity index (χ4n) is 3.04. The summed E-state index contributed by atoms with van der Waals surface area (Å²) in [5.41, 5.74) is 4.55. The van der Waals surface area contributed by atoms with Crippen LogP contribution in [0.2, 0.25) is 0 Å². The van der Waals surface area contributed by atoms with Gasteiger partial charge in [0.2, 0.25) is 0 Å². The van der Waals surface area contributed by atoms with Crippen molar-refractivity contribution in [3.05, 3.63) is 48.9 Å². The molecule has 5 aromatic rings. The number of imidazole rings is 1. The third kappa shape index (κ3) is 2.17. The van der Waals surface area contributed by atoms with Crippen molar-refractivity contribution in [2.45, 2.75) is 0 Å². The number of fused-ring (bicyclic) bond motifs is 4. The fraction of sp³-hybridized carbons (Fsp3) is 0.0556. The van der Waals surface area contributed by atoms with E-state index in [1.165, 1.54) is 0 Å². The summed E-state index contributed by atoms with van der Waals surface area (Å²) in [5, 5.41) is 12.6. The van der Waals surface area contributed by atoms with Crippen LogP contribution in [0.3, 0.4) is 0 Å². The normalized spacial score (nSPS) is 11.4. The first-order valence-corrected chi connectivity index (χ1v) is 7.83. The first-order chi connectivity index (χ1) is 12.3. The van der Waals surface area contributed by atoms with Gasteiger partial charge in [-0.25, -0.2) is 9.97 Å². The topological polar surface area (TPSA) is 91.5 Å². The molecule has 5 rings (SSSR count). The largest absolute Gasteiger partial charge is 0.497 e. The highest BCUT2D eigenvalue weighted by Gasteiger charge is 2.12. The van der Waals surface area contributed by atoms with E-state index in [1.807, 2.05) is 42.6 Å². The first-order valence-electron chi connectivity index (χ1n) is 7.83. The molecule has 0 aliphatic rings. The first kappa shape index (κ1) is 13.8. The van der Waals surface area contributed by atoms with Crippen LogP contribution in [0.15, 0.2) is 48.9 Å². The predicted octanol–water partition coefficient (Wildman–Crippen LogP) is 3.74. The van der Waals surface area contributed by atoms with Gasteiger partial charge in [-0.15, -0.1) is 0 Å². The van der Waals surface area contributed by atoms with Crippen molar-refractivity contribution >= 4 is 44.3 Å². The fourth-order valence-corrected chi connectivity index (χ4v) is 3.04. The molecule has 0 fully saturated rings. The Balaban J connectivity index is 1.67. The molecule has 0 aliphatic heterocycles. The number of nitrogens with zero attached hydrogens (tertiary/aromatic N) is 3. The molecule has 0 aliphatic carbocycles. The van der Waals surface area contributed by atoms with E-state index in [9.17, 15) is 0 Å². The van der Waals surface area contributed by atoms with Crippen LogP contribution in [-0.4, -0.2) is 32.3 Å². The Morgan fingerprint density at radius 3 is 2.88 bits per heavy atom. The Hall–Kier alpha value is -3.61. The molecule has 0 bridgehead atoms. The van der Waals surface area contributed by atoms with Crippen LogP contribution in [0.1, 0.15) is 0 Å². The number of hydrogen-bond donors (Lipinski definition) is 3. The number of anilines is 2. The monoisotopic (exact) mass is 330 g/mol. The summed E-state index contributed by atoms with van der Waals surface area (Å²) < 4.78 is 5.32. The number of aromatic nitrogens is 5. The van der Waals surface area contributed by atoms with E-state index in [0.29, 0.717) is 0 Å². The van der Waals surface area contributed by atoms with Crippen molar-refractivity contribution in [3.8, 4) is 5.75 Å². The zero-order valence-corrected chi connectivity index (χ0v) is 13.4. The summed E-state index contributed by atoms with van der Waals surface area (Å²) in [6.07, 6.45) is 3.49. The van der Waals surface area contributed by atoms with Crippen LogP contribution in [-0.2, 0) is 0 Å². The summed E-state index contributed by atoms with van der Waals surface area (Å²) >= 11 is 0. The molecule has 25 heavy (non-hydrogen) atoms. The number of methoxy groups -OCH3 is 1. The Kier molecular flexibility index (Phi) is 2.87. The summed E-state index contributed by atoms with van der Waals surface area (Å²) in [4.78, 5) is 12.1. The van der Waals surface area contributed by atoms with Crippen LogP contribution in [0.5, 0.6) is 5.75 Å². The second-order valence-corrected chi connectivity index (χ2v) is 5.76. The standard InChI is InChI=1S/C18H14N6O/c1-25-11-3-5-14-12(7-11)13-8-21-24-17(13)18(23-14)22-10-2-4-15-16(6-10)20-9-19-15/h2-9H,1H3,(H,19,20)(H,21,24)(H,22,23). The molecule has 0 spiro atoms. The average Bonchev–Trinajstić information content (AvgIpc) is 3.30. The minimum Gasteiger partial charge on any atom is -0.497 e. The molecule has 0 atom stereocenters. The third-order valence-electron chi connectivity index (χ3n) is 4.29. The second kappa shape index (κ2) is 5.20. The highest BCUT2D eigenvalue weighted by Crippen LogP contribution is 2.31. The van der Waals surface area contributed by atoms with E-state index in [1.54, 1.807) is 13.4 Å². The lowest BCUT2D eigenvalue weighted by Gasteiger charge is -2.10.